The van der Waals surface area contributed by atoms with Crippen LogP contribution in [-0.4, -0.2) is 18.7 Å². The van der Waals surface area contributed by atoms with Crippen LogP contribution in [0.5, 0.6) is 0 Å². The van der Waals surface area contributed by atoms with Crippen molar-refractivity contribution in [2.75, 3.05) is 6.61 Å². The second-order valence-electron chi connectivity index (χ2n) is 6.24. The largest absolute Gasteiger partial charge is 0.449 e. The van der Waals surface area contributed by atoms with Crippen LogP contribution >= 0.6 is 0 Å². The summed E-state index contributed by atoms with van der Waals surface area (Å²) in [5.41, 5.74) is 0.0401. The molecule has 0 heterocycles. The van der Waals surface area contributed by atoms with Gasteiger partial charge in [-0.05, 0) is 37.0 Å². The lowest BCUT2D eigenvalue weighted by atomic mass is 9.87. The van der Waals surface area contributed by atoms with Gasteiger partial charge < -0.3 is 10.1 Å². The van der Waals surface area contributed by atoms with Gasteiger partial charge in [-0.15, -0.1) is 0 Å². The Kier molecular flexibility index (Phi) is 4.63. The van der Waals surface area contributed by atoms with E-state index in [9.17, 15) is 4.79 Å². The zero-order valence-electron chi connectivity index (χ0n) is 11.0. The molecule has 0 bridgehead atoms. The number of carbonyl (C=O) groups is 1. The standard InChI is InChI=1S/C13H25NO2/c1-10-5-7-11(8-6-10)14-12(15)16-9-13(2,3)4/h10-11H,5-9H2,1-4H3,(H,14,15). The van der Waals surface area contributed by atoms with Crippen molar-refractivity contribution < 1.29 is 9.53 Å². The maximum Gasteiger partial charge on any atom is 0.407 e. The number of amides is 1. The molecule has 1 aliphatic rings. The molecule has 3 nitrogen and oxygen atoms in total. The SMILES string of the molecule is CC1CCC(NC(=O)OCC(C)(C)C)CC1. The van der Waals surface area contributed by atoms with Gasteiger partial charge in [-0.25, -0.2) is 4.79 Å². The number of hydrogen-bond acceptors (Lipinski definition) is 2. The normalized spacial score (nSPS) is 26.2. The van der Waals surface area contributed by atoms with Crippen molar-refractivity contribution in [1.82, 2.24) is 5.32 Å². The molecule has 94 valence electrons. The predicted molar refractivity (Wildman–Crippen MR) is 65.4 cm³/mol. The van der Waals surface area contributed by atoms with Gasteiger partial charge in [0.15, 0.2) is 0 Å². The van der Waals surface area contributed by atoms with E-state index in [-0.39, 0.29) is 11.5 Å². The Labute approximate surface area is 98.9 Å². The Bertz CT molecular complexity index is 225. The molecular formula is C13H25NO2. The second-order valence-corrected chi connectivity index (χ2v) is 6.24. The van der Waals surface area contributed by atoms with E-state index in [2.05, 4.69) is 33.0 Å². The van der Waals surface area contributed by atoms with Gasteiger partial charge in [-0.1, -0.05) is 27.7 Å². The highest BCUT2D eigenvalue weighted by atomic mass is 16.5. The summed E-state index contributed by atoms with van der Waals surface area (Å²) >= 11 is 0. The number of carbonyl (C=O) groups excluding carboxylic acids is 1. The van der Waals surface area contributed by atoms with E-state index in [1.54, 1.807) is 0 Å². The lowest BCUT2D eigenvalue weighted by Gasteiger charge is -2.27. The van der Waals surface area contributed by atoms with Crippen molar-refractivity contribution in [3.05, 3.63) is 0 Å². The lowest BCUT2D eigenvalue weighted by molar-refractivity contribution is 0.101. The van der Waals surface area contributed by atoms with Gasteiger partial charge in [0.1, 0.15) is 0 Å². The second kappa shape index (κ2) is 5.55. The van der Waals surface area contributed by atoms with Crippen LogP contribution in [0.3, 0.4) is 0 Å². The molecule has 0 saturated heterocycles. The van der Waals surface area contributed by atoms with Crippen LogP contribution < -0.4 is 5.32 Å². The fourth-order valence-electron chi connectivity index (χ4n) is 1.89. The Morgan fingerprint density at radius 2 is 1.81 bits per heavy atom. The Morgan fingerprint density at radius 3 is 2.31 bits per heavy atom. The molecular weight excluding hydrogens is 202 g/mol. The summed E-state index contributed by atoms with van der Waals surface area (Å²) < 4.78 is 5.19. The highest BCUT2D eigenvalue weighted by Crippen LogP contribution is 2.23. The molecule has 1 fully saturated rings. The summed E-state index contributed by atoms with van der Waals surface area (Å²) in [5.74, 6) is 0.809. The number of hydrogen-bond donors (Lipinski definition) is 1. The van der Waals surface area contributed by atoms with Crippen molar-refractivity contribution in [2.45, 2.75) is 59.4 Å². The van der Waals surface area contributed by atoms with Crippen molar-refractivity contribution in [2.24, 2.45) is 11.3 Å². The first kappa shape index (κ1) is 13.3. The highest BCUT2D eigenvalue weighted by molar-refractivity contribution is 5.67. The molecule has 0 atom stereocenters. The Hall–Kier alpha value is -0.730. The minimum absolute atomic E-state index is 0.0401. The van der Waals surface area contributed by atoms with Gasteiger partial charge in [0.25, 0.3) is 0 Å². The summed E-state index contributed by atoms with van der Waals surface area (Å²) in [6.45, 7) is 8.92. The van der Waals surface area contributed by atoms with Crippen LogP contribution in [0.2, 0.25) is 0 Å². The molecule has 0 unspecified atom stereocenters. The van der Waals surface area contributed by atoms with Crippen LogP contribution in [0.15, 0.2) is 0 Å². The van der Waals surface area contributed by atoms with Crippen molar-refractivity contribution in [1.29, 1.82) is 0 Å². The zero-order chi connectivity index (χ0) is 12.2. The fourth-order valence-corrected chi connectivity index (χ4v) is 1.89. The van der Waals surface area contributed by atoms with E-state index >= 15 is 0 Å². The van der Waals surface area contributed by atoms with Crippen LogP contribution in [0, 0.1) is 11.3 Å². The zero-order valence-corrected chi connectivity index (χ0v) is 11.0. The molecule has 1 N–H and O–H groups in total. The first-order valence-corrected chi connectivity index (χ1v) is 6.30. The fraction of sp³-hybridized carbons (Fsp3) is 0.923. The van der Waals surface area contributed by atoms with Gasteiger partial charge in [-0.2, -0.15) is 0 Å². The molecule has 0 aromatic carbocycles. The summed E-state index contributed by atoms with van der Waals surface area (Å²) in [7, 11) is 0. The number of nitrogens with one attached hydrogen (secondary N) is 1. The minimum atomic E-state index is -0.255. The van der Waals surface area contributed by atoms with Gasteiger partial charge in [0.2, 0.25) is 0 Å². The smallest absolute Gasteiger partial charge is 0.407 e. The molecule has 16 heavy (non-hydrogen) atoms. The van der Waals surface area contributed by atoms with E-state index in [0.717, 1.165) is 18.8 Å². The van der Waals surface area contributed by atoms with Crippen molar-refractivity contribution >= 4 is 6.09 Å². The highest BCUT2D eigenvalue weighted by Gasteiger charge is 2.21. The van der Waals surface area contributed by atoms with E-state index < -0.39 is 0 Å². The third kappa shape index (κ3) is 5.38. The molecule has 0 aliphatic heterocycles. The number of ether oxygens (including phenoxy) is 1. The Balaban J connectivity index is 2.19. The first-order chi connectivity index (χ1) is 7.37. The third-order valence-corrected chi connectivity index (χ3v) is 2.97. The molecule has 1 aliphatic carbocycles. The van der Waals surface area contributed by atoms with Crippen LogP contribution in [0.4, 0.5) is 4.79 Å². The summed E-state index contributed by atoms with van der Waals surface area (Å²) in [4.78, 5) is 11.5. The van der Waals surface area contributed by atoms with E-state index in [1.807, 2.05) is 0 Å². The van der Waals surface area contributed by atoms with E-state index in [4.69, 9.17) is 4.74 Å². The van der Waals surface area contributed by atoms with Crippen LogP contribution in [0.1, 0.15) is 53.4 Å². The van der Waals surface area contributed by atoms with Crippen molar-refractivity contribution in [3.8, 4) is 0 Å². The number of rotatable bonds is 2. The monoisotopic (exact) mass is 227 g/mol. The molecule has 3 heteroatoms. The summed E-state index contributed by atoms with van der Waals surface area (Å²) in [6, 6.07) is 0.323. The van der Waals surface area contributed by atoms with Crippen LogP contribution in [-0.2, 0) is 4.74 Å². The molecule has 1 saturated carbocycles. The predicted octanol–water partition coefficient (Wildman–Crippen LogP) is 3.34. The maximum absolute atomic E-state index is 11.5. The molecule has 1 rings (SSSR count). The molecule has 0 aromatic heterocycles. The molecule has 1 amide bonds. The summed E-state index contributed by atoms with van der Waals surface area (Å²) in [6.07, 6.45) is 4.35. The summed E-state index contributed by atoms with van der Waals surface area (Å²) in [5, 5.41) is 2.95. The molecule has 0 aromatic rings. The maximum atomic E-state index is 11.5. The first-order valence-electron chi connectivity index (χ1n) is 6.30. The van der Waals surface area contributed by atoms with Gasteiger partial charge in [0, 0.05) is 6.04 Å². The quantitative estimate of drug-likeness (QED) is 0.785. The van der Waals surface area contributed by atoms with Gasteiger partial charge in [0.05, 0.1) is 6.61 Å². The lowest BCUT2D eigenvalue weighted by Crippen LogP contribution is -2.38. The topological polar surface area (TPSA) is 38.3 Å². The molecule has 0 spiro atoms. The minimum Gasteiger partial charge on any atom is -0.449 e. The van der Waals surface area contributed by atoms with Gasteiger partial charge in [-0.3, -0.25) is 0 Å². The Morgan fingerprint density at radius 1 is 1.25 bits per heavy atom. The van der Waals surface area contributed by atoms with Crippen molar-refractivity contribution in [3.63, 3.8) is 0 Å². The number of alkyl carbamates (subject to hydrolysis) is 1. The molecule has 0 radical (unpaired) electrons. The average Bonchev–Trinajstić information content (AvgIpc) is 2.18. The average molecular weight is 227 g/mol. The third-order valence-electron chi connectivity index (χ3n) is 2.97. The van der Waals surface area contributed by atoms with Crippen LogP contribution in [0.25, 0.3) is 0 Å². The van der Waals surface area contributed by atoms with Gasteiger partial charge >= 0.3 is 6.09 Å². The van der Waals surface area contributed by atoms with E-state index in [0.29, 0.717) is 12.6 Å². The van der Waals surface area contributed by atoms with E-state index in [1.165, 1.54) is 12.8 Å².